The van der Waals surface area contributed by atoms with Gasteiger partial charge in [0.05, 0.1) is 18.1 Å². The predicted molar refractivity (Wildman–Crippen MR) is 72.9 cm³/mol. The van der Waals surface area contributed by atoms with Crippen molar-refractivity contribution < 1.29 is 0 Å². The minimum absolute atomic E-state index is 0.278. The van der Waals surface area contributed by atoms with Crippen molar-refractivity contribution in [2.24, 2.45) is 5.41 Å². The van der Waals surface area contributed by atoms with Gasteiger partial charge in [-0.25, -0.2) is 9.97 Å². The fourth-order valence-corrected chi connectivity index (χ4v) is 1.69. The van der Waals surface area contributed by atoms with Gasteiger partial charge in [0.2, 0.25) is 5.95 Å². The van der Waals surface area contributed by atoms with Crippen molar-refractivity contribution in [2.75, 3.05) is 17.6 Å². The zero-order valence-corrected chi connectivity index (χ0v) is 11.2. The van der Waals surface area contributed by atoms with E-state index in [2.05, 4.69) is 36.1 Å². The van der Waals surface area contributed by atoms with Gasteiger partial charge in [-0.05, 0) is 11.8 Å². The average Bonchev–Trinajstić information content (AvgIpc) is 2.29. The average molecular weight is 236 g/mol. The van der Waals surface area contributed by atoms with Crippen molar-refractivity contribution in [1.82, 2.24) is 9.97 Å². The molecule has 0 amide bonds. The quantitative estimate of drug-likeness (QED) is 0.714. The molecule has 0 bridgehead atoms. The third-order valence-corrected chi connectivity index (χ3v) is 2.85. The SMILES string of the molecule is CCCCCC(C)(C)CNc1ncc(N)cn1. The Morgan fingerprint density at radius 2 is 1.88 bits per heavy atom. The maximum Gasteiger partial charge on any atom is 0.222 e. The molecule has 0 spiro atoms. The number of nitrogens with two attached hydrogens (primary N) is 1. The zero-order valence-electron chi connectivity index (χ0n) is 11.2. The third-order valence-electron chi connectivity index (χ3n) is 2.85. The molecule has 1 aromatic rings. The minimum atomic E-state index is 0.278. The Labute approximate surface area is 104 Å². The van der Waals surface area contributed by atoms with Crippen LogP contribution in [0.5, 0.6) is 0 Å². The molecule has 0 atom stereocenters. The fourth-order valence-electron chi connectivity index (χ4n) is 1.69. The van der Waals surface area contributed by atoms with Crippen LogP contribution < -0.4 is 11.1 Å². The molecular formula is C13H24N4. The molecule has 0 aliphatic carbocycles. The van der Waals surface area contributed by atoms with Crippen LogP contribution in [0, 0.1) is 5.41 Å². The summed E-state index contributed by atoms with van der Waals surface area (Å²) in [5.41, 5.74) is 6.41. The molecule has 1 heterocycles. The number of hydrogen-bond acceptors (Lipinski definition) is 4. The van der Waals surface area contributed by atoms with Gasteiger partial charge in [-0.2, -0.15) is 0 Å². The Morgan fingerprint density at radius 1 is 1.24 bits per heavy atom. The van der Waals surface area contributed by atoms with E-state index in [0.717, 1.165) is 6.54 Å². The number of nitrogens with one attached hydrogen (secondary N) is 1. The lowest BCUT2D eigenvalue weighted by molar-refractivity contribution is 0.342. The normalized spacial score (nSPS) is 11.5. The maximum atomic E-state index is 5.54. The van der Waals surface area contributed by atoms with Crippen molar-refractivity contribution in [2.45, 2.75) is 46.5 Å². The molecule has 4 heteroatoms. The van der Waals surface area contributed by atoms with Crippen LogP contribution in [0.15, 0.2) is 12.4 Å². The molecule has 0 radical (unpaired) electrons. The molecular weight excluding hydrogens is 212 g/mol. The molecule has 0 aliphatic rings. The first-order valence-electron chi connectivity index (χ1n) is 6.35. The highest BCUT2D eigenvalue weighted by molar-refractivity contribution is 5.35. The Morgan fingerprint density at radius 3 is 2.47 bits per heavy atom. The Balaban J connectivity index is 2.35. The fraction of sp³-hybridized carbons (Fsp3) is 0.692. The molecule has 1 aromatic heterocycles. The second kappa shape index (κ2) is 6.42. The van der Waals surface area contributed by atoms with E-state index in [1.54, 1.807) is 12.4 Å². The first-order chi connectivity index (χ1) is 8.03. The first-order valence-corrected chi connectivity index (χ1v) is 6.35. The number of hydrogen-bond donors (Lipinski definition) is 2. The van der Waals surface area contributed by atoms with E-state index in [1.807, 2.05) is 0 Å². The van der Waals surface area contributed by atoms with Crippen LogP contribution in [0.4, 0.5) is 11.6 Å². The molecule has 3 N–H and O–H groups in total. The minimum Gasteiger partial charge on any atom is -0.396 e. The summed E-state index contributed by atoms with van der Waals surface area (Å²) in [6.07, 6.45) is 8.34. The number of aromatic nitrogens is 2. The molecule has 17 heavy (non-hydrogen) atoms. The van der Waals surface area contributed by atoms with Crippen LogP contribution >= 0.6 is 0 Å². The van der Waals surface area contributed by atoms with Crippen LogP contribution in [-0.4, -0.2) is 16.5 Å². The molecule has 0 aromatic carbocycles. The smallest absolute Gasteiger partial charge is 0.222 e. The molecule has 0 saturated carbocycles. The van der Waals surface area contributed by atoms with Crippen molar-refractivity contribution in [3.63, 3.8) is 0 Å². The summed E-state index contributed by atoms with van der Waals surface area (Å²) in [7, 11) is 0. The monoisotopic (exact) mass is 236 g/mol. The lowest BCUT2D eigenvalue weighted by Gasteiger charge is -2.24. The Bertz CT molecular complexity index is 319. The van der Waals surface area contributed by atoms with Gasteiger partial charge < -0.3 is 11.1 Å². The van der Waals surface area contributed by atoms with Gasteiger partial charge >= 0.3 is 0 Å². The summed E-state index contributed by atoms with van der Waals surface area (Å²) in [4.78, 5) is 8.26. The summed E-state index contributed by atoms with van der Waals surface area (Å²) < 4.78 is 0. The molecule has 0 saturated heterocycles. The van der Waals surface area contributed by atoms with E-state index in [9.17, 15) is 0 Å². The molecule has 0 fully saturated rings. The van der Waals surface area contributed by atoms with Gasteiger partial charge in [0.25, 0.3) is 0 Å². The van der Waals surface area contributed by atoms with Gasteiger partial charge in [0.15, 0.2) is 0 Å². The molecule has 0 aliphatic heterocycles. The highest BCUT2D eigenvalue weighted by atomic mass is 15.1. The topological polar surface area (TPSA) is 63.8 Å². The van der Waals surface area contributed by atoms with E-state index < -0.39 is 0 Å². The number of anilines is 2. The van der Waals surface area contributed by atoms with Gasteiger partial charge in [-0.3, -0.25) is 0 Å². The summed E-state index contributed by atoms with van der Waals surface area (Å²) in [5.74, 6) is 0.655. The largest absolute Gasteiger partial charge is 0.396 e. The van der Waals surface area contributed by atoms with Gasteiger partial charge in [-0.15, -0.1) is 0 Å². The molecule has 4 nitrogen and oxygen atoms in total. The van der Waals surface area contributed by atoms with Crippen LogP contribution in [0.3, 0.4) is 0 Å². The van der Waals surface area contributed by atoms with E-state index >= 15 is 0 Å². The highest BCUT2D eigenvalue weighted by Gasteiger charge is 2.17. The van der Waals surface area contributed by atoms with E-state index in [4.69, 9.17) is 5.73 Å². The number of unbranched alkanes of at least 4 members (excludes halogenated alkanes) is 2. The maximum absolute atomic E-state index is 5.54. The van der Waals surface area contributed by atoms with Gasteiger partial charge in [0.1, 0.15) is 0 Å². The number of nitrogen functional groups attached to an aromatic ring is 1. The predicted octanol–water partition coefficient (Wildman–Crippen LogP) is 3.08. The van der Waals surface area contributed by atoms with Crippen LogP contribution in [0.1, 0.15) is 46.5 Å². The Hall–Kier alpha value is -1.32. The number of nitrogens with zero attached hydrogens (tertiary/aromatic N) is 2. The van der Waals surface area contributed by atoms with Crippen LogP contribution in [0.2, 0.25) is 0 Å². The van der Waals surface area contributed by atoms with Crippen LogP contribution in [-0.2, 0) is 0 Å². The standard InChI is InChI=1S/C13H24N4/c1-4-5-6-7-13(2,3)10-17-12-15-8-11(14)9-16-12/h8-9H,4-7,10,14H2,1-3H3,(H,15,16,17). The molecule has 0 unspecified atom stereocenters. The highest BCUT2D eigenvalue weighted by Crippen LogP contribution is 2.23. The van der Waals surface area contributed by atoms with Gasteiger partial charge in [0, 0.05) is 6.54 Å². The molecule has 96 valence electrons. The molecule has 1 rings (SSSR count). The first kappa shape index (κ1) is 13.7. The van der Waals surface area contributed by atoms with Crippen LogP contribution in [0.25, 0.3) is 0 Å². The third kappa shape index (κ3) is 5.52. The summed E-state index contributed by atoms with van der Waals surface area (Å²) >= 11 is 0. The van der Waals surface area contributed by atoms with E-state index in [0.29, 0.717) is 11.6 Å². The lowest BCUT2D eigenvalue weighted by Crippen LogP contribution is -2.23. The summed E-state index contributed by atoms with van der Waals surface area (Å²) in [5, 5.41) is 3.26. The zero-order chi connectivity index (χ0) is 12.7. The lowest BCUT2D eigenvalue weighted by atomic mass is 9.87. The second-order valence-corrected chi connectivity index (χ2v) is 5.31. The summed E-state index contributed by atoms with van der Waals surface area (Å²) in [6, 6.07) is 0. The van der Waals surface area contributed by atoms with E-state index in [-0.39, 0.29) is 5.41 Å². The second-order valence-electron chi connectivity index (χ2n) is 5.31. The van der Waals surface area contributed by atoms with Crippen molar-refractivity contribution in [3.05, 3.63) is 12.4 Å². The summed E-state index contributed by atoms with van der Waals surface area (Å²) in [6.45, 7) is 7.66. The number of rotatable bonds is 7. The van der Waals surface area contributed by atoms with Crippen molar-refractivity contribution >= 4 is 11.6 Å². The van der Waals surface area contributed by atoms with E-state index in [1.165, 1.54) is 25.7 Å². The van der Waals surface area contributed by atoms with Crippen molar-refractivity contribution in [3.8, 4) is 0 Å². The van der Waals surface area contributed by atoms with Gasteiger partial charge in [-0.1, -0.05) is 40.0 Å². The Kier molecular flexibility index (Phi) is 5.19. The van der Waals surface area contributed by atoms with Crippen molar-refractivity contribution in [1.29, 1.82) is 0 Å².